The molecule has 0 atom stereocenters. The van der Waals surface area contributed by atoms with E-state index >= 15 is 0 Å². The topological polar surface area (TPSA) is 73.6 Å². The van der Waals surface area contributed by atoms with Crippen LogP contribution in [0.1, 0.15) is 37.0 Å². The van der Waals surface area contributed by atoms with Crippen LogP contribution in [0.15, 0.2) is 40.0 Å². The molecule has 22 heavy (non-hydrogen) atoms. The third-order valence-corrected chi connectivity index (χ3v) is 4.06. The Labute approximate surface area is 130 Å². The largest absolute Gasteiger partial charge is 0.386 e. The van der Waals surface area contributed by atoms with Crippen LogP contribution in [0.5, 0.6) is 0 Å². The fourth-order valence-corrected chi connectivity index (χ4v) is 2.71. The number of nitrogens with two attached hydrogens (primary N) is 1. The molecule has 0 saturated heterocycles. The van der Waals surface area contributed by atoms with Crippen LogP contribution in [0, 0.1) is 12.8 Å². The zero-order valence-corrected chi connectivity index (χ0v) is 12.8. The first-order valence-corrected chi connectivity index (χ1v) is 7.70. The van der Waals surface area contributed by atoms with E-state index in [0.29, 0.717) is 17.5 Å². The normalized spacial score (nSPS) is 16.1. The van der Waals surface area contributed by atoms with E-state index in [1.165, 1.54) is 18.4 Å². The number of hydrogen-bond donors (Lipinski definition) is 1. The Balaban J connectivity index is 1.57. The van der Waals surface area contributed by atoms with Crippen molar-refractivity contribution >= 4 is 5.84 Å². The molecule has 1 fully saturated rings. The highest BCUT2D eigenvalue weighted by Crippen LogP contribution is 2.25. The number of hydrogen-bond acceptors (Lipinski definition) is 4. The van der Waals surface area contributed by atoms with Gasteiger partial charge in [-0.25, -0.2) is 0 Å². The van der Waals surface area contributed by atoms with E-state index in [4.69, 9.17) is 15.1 Å². The van der Waals surface area contributed by atoms with Crippen molar-refractivity contribution in [2.45, 2.75) is 39.2 Å². The van der Waals surface area contributed by atoms with Gasteiger partial charge in [-0.3, -0.25) is 0 Å². The van der Waals surface area contributed by atoms with Gasteiger partial charge in [0.1, 0.15) is 11.5 Å². The second-order valence-electron chi connectivity index (χ2n) is 5.82. The van der Waals surface area contributed by atoms with Crippen molar-refractivity contribution in [2.75, 3.05) is 0 Å². The molecular weight excluding hydrogens is 278 g/mol. The van der Waals surface area contributed by atoms with Crippen molar-refractivity contribution in [3.8, 4) is 11.3 Å². The molecule has 3 rings (SSSR count). The van der Waals surface area contributed by atoms with Crippen LogP contribution >= 0.6 is 0 Å². The predicted octanol–water partition coefficient (Wildman–Crippen LogP) is 3.63. The van der Waals surface area contributed by atoms with Crippen molar-refractivity contribution in [2.24, 2.45) is 16.8 Å². The zero-order valence-electron chi connectivity index (χ0n) is 12.8. The molecular formula is C17H21N3O2. The fourth-order valence-electron chi connectivity index (χ4n) is 2.71. The molecule has 5 heteroatoms. The summed E-state index contributed by atoms with van der Waals surface area (Å²) < 4.78 is 5.27. The maximum atomic E-state index is 5.93. The second kappa shape index (κ2) is 6.64. The van der Waals surface area contributed by atoms with Crippen LogP contribution in [0.3, 0.4) is 0 Å². The van der Waals surface area contributed by atoms with E-state index in [2.05, 4.69) is 17.2 Å². The summed E-state index contributed by atoms with van der Waals surface area (Å²) in [5, 5.41) is 8.06. The molecule has 0 aliphatic heterocycles. The van der Waals surface area contributed by atoms with Gasteiger partial charge >= 0.3 is 0 Å². The average Bonchev–Trinajstić information content (AvgIpc) is 3.19. The van der Waals surface area contributed by atoms with Gasteiger partial charge in [0.15, 0.2) is 12.4 Å². The molecule has 1 heterocycles. The van der Waals surface area contributed by atoms with E-state index in [0.717, 1.165) is 24.1 Å². The summed E-state index contributed by atoms with van der Waals surface area (Å²) in [4.78, 5) is 5.29. The van der Waals surface area contributed by atoms with Gasteiger partial charge in [0.25, 0.3) is 0 Å². The molecule has 0 spiro atoms. The minimum atomic E-state index is 0.242. The SMILES string of the molecule is Cc1ccc(-c2cc(CO/N=C(\N)C3CCCC3)on2)cc1. The summed E-state index contributed by atoms with van der Waals surface area (Å²) in [5.41, 5.74) is 8.97. The Kier molecular flexibility index (Phi) is 4.42. The summed E-state index contributed by atoms with van der Waals surface area (Å²) in [6, 6.07) is 10.0. The highest BCUT2D eigenvalue weighted by atomic mass is 16.6. The second-order valence-corrected chi connectivity index (χ2v) is 5.82. The molecule has 1 aromatic carbocycles. The highest BCUT2D eigenvalue weighted by molar-refractivity contribution is 5.82. The van der Waals surface area contributed by atoms with Crippen molar-refractivity contribution in [3.05, 3.63) is 41.7 Å². The lowest BCUT2D eigenvalue weighted by Gasteiger charge is -2.06. The van der Waals surface area contributed by atoms with Gasteiger partial charge in [0, 0.05) is 17.5 Å². The molecule has 0 unspecified atom stereocenters. The van der Waals surface area contributed by atoms with Crippen molar-refractivity contribution in [3.63, 3.8) is 0 Å². The Bertz CT molecular complexity index is 640. The molecule has 5 nitrogen and oxygen atoms in total. The molecule has 0 radical (unpaired) electrons. The Morgan fingerprint density at radius 2 is 2.05 bits per heavy atom. The maximum absolute atomic E-state index is 5.93. The van der Waals surface area contributed by atoms with Crippen LogP contribution in [-0.2, 0) is 11.4 Å². The monoisotopic (exact) mass is 299 g/mol. The highest BCUT2D eigenvalue weighted by Gasteiger charge is 2.19. The minimum Gasteiger partial charge on any atom is -0.386 e. The number of benzene rings is 1. The molecule has 1 aromatic heterocycles. The predicted molar refractivity (Wildman–Crippen MR) is 85.0 cm³/mol. The molecule has 1 saturated carbocycles. The maximum Gasteiger partial charge on any atom is 0.177 e. The third kappa shape index (κ3) is 3.47. The van der Waals surface area contributed by atoms with Crippen molar-refractivity contribution < 1.29 is 9.36 Å². The Morgan fingerprint density at radius 3 is 2.77 bits per heavy atom. The van der Waals surface area contributed by atoms with Crippen LogP contribution < -0.4 is 5.73 Å². The van der Waals surface area contributed by atoms with Crippen molar-refractivity contribution in [1.29, 1.82) is 0 Å². The van der Waals surface area contributed by atoms with E-state index in [1.54, 1.807) is 0 Å². The standard InChI is InChI=1S/C17H21N3O2/c1-12-6-8-13(9-7-12)16-10-15(22-19-16)11-21-20-17(18)14-4-2-3-5-14/h6-10,14H,2-5,11H2,1H3,(H2,18,20). The molecule has 116 valence electrons. The molecule has 2 aromatic rings. The molecule has 0 bridgehead atoms. The number of nitrogens with zero attached hydrogens (tertiary/aromatic N) is 2. The van der Waals surface area contributed by atoms with Gasteiger partial charge in [-0.2, -0.15) is 0 Å². The van der Waals surface area contributed by atoms with Gasteiger partial charge < -0.3 is 15.1 Å². The molecule has 0 amide bonds. The van der Waals surface area contributed by atoms with E-state index < -0.39 is 0 Å². The lowest BCUT2D eigenvalue weighted by Crippen LogP contribution is -2.21. The van der Waals surface area contributed by atoms with E-state index in [9.17, 15) is 0 Å². The first-order valence-electron chi connectivity index (χ1n) is 7.70. The molecule has 2 N–H and O–H groups in total. The first-order chi connectivity index (χ1) is 10.7. The number of amidine groups is 1. The summed E-state index contributed by atoms with van der Waals surface area (Å²) in [6.07, 6.45) is 4.67. The van der Waals surface area contributed by atoms with Gasteiger partial charge in [-0.1, -0.05) is 53.0 Å². The van der Waals surface area contributed by atoms with Crippen LogP contribution in [0.4, 0.5) is 0 Å². The third-order valence-electron chi connectivity index (χ3n) is 4.06. The number of oxime groups is 1. The summed E-state index contributed by atoms with van der Waals surface area (Å²) in [7, 11) is 0. The van der Waals surface area contributed by atoms with E-state index in [1.807, 2.05) is 30.3 Å². The van der Waals surface area contributed by atoms with E-state index in [-0.39, 0.29) is 6.61 Å². The quantitative estimate of drug-likeness (QED) is 0.520. The van der Waals surface area contributed by atoms with Gasteiger partial charge in [0.2, 0.25) is 0 Å². The van der Waals surface area contributed by atoms with Crippen LogP contribution in [0.2, 0.25) is 0 Å². The summed E-state index contributed by atoms with van der Waals surface area (Å²) >= 11 is 0. The lowest BCUT2D eigenvalue weighted by atomic mass is 10.1. The first kappa shape index (κ1) is 14.6. The fraction of sp³-hybridized carbons (Fsp3) is 0.412. The summed E-state index contributed by atoms with van der Waals surface area (Å²) in [6.45, 7) is 2.30. The molecule has 1 aliphatic rings. The van der Waals surface area contributed by atoms with Crippen molar-refractivity contribution in [1.82, 2.24) is 5.16 Å². The van der Waals surface area contributed by atoms with Gasteiger partial charge in [0.05, 0.1) is 0 Å². The Morgan fingerprint density at radius 1 is 1.32 bits per heavy atom. The van der Waals surface area contributed by atoms with Gasteiger partial charge in [-0.15, -0.1) is 0 Å². The number of rotatable bonds is 5. The Hall–Kier alpha value is -2.30. The van der Waals surface area contributed by atoms with Crippen LogP contribution in [0.25, 0.3) is 11.3 Å². The smallest absolute Gasteiger partial charge is 0.177 e. The number of aromatic nitrogens is 1. The molecule has 1 aliphatic carbocycles. The van der Waals surface area contributed by atoms with Crippen LogP contribution in [-0.4, -0.2) is 11.0 Å². The average molecular weight is 299 g/mol. The zero-order chi connectivity index (χ0) is 15.4. The lowest BCUT2D eigenvalue weighted by molar-refractivity contribution is 0.107. The summed E-state index contributed by atoms with van der Waals surface area (Å²) in [5.74, 6) is 1.60. The minimum absolute atomic E-state index is 0.242. The number of aryl methyl sites for hydroxylation is 1. The van der Waals surface area contributed by atoms with Gasteiger partial charge in [-0.05, 0) is 19.8 Å².